The maximum absolute atomic E-state index is 14.4. The number of ether oxygens (including phenoxy) is 1. The Morgan fingerprint density at radius 3 is 2.06 bits per heavy atom. The SMILES string of the molecule is O=C(OC(C(=O)NCC(F)(F)Sc1ccccc1)c1ccc(C(F)(F)F)c(F)c1)c1ccccc1. The smallest absolute Gasteiger partial charge is 0.419 e. The Labute approximate surface area is 200 Å². The van der Waals surface area contributed by atoms with Crippen LogP contribution in [0.15, 0.2) is 83.8 Å². The zero-order chi connectivity index (χ0) is 25.6. The van der Waals surface area contributed by atoms with Crippen molar-refractivity contribution in [1.29, 1.82) is 0 Å². The lowest BCUT2D eigenvalue weighted by Crippen LogP contribution is -2.38. The molecule has 0 saturated heterocycles. The molecule has 1 amide bonds. The Morgan fingerprint density at radius 2 is 1.49 bits per heavy atom. The normalized spacial score (nSPS) is 12.6. The van der Waals surface area contributed by atoms with Crippen molar-refractivity contribution < 1.29 is 40.7 Å². The molecule has 3 rings (SSSR count). The minimum atomic E-state index is -5.00. The first-order valence-electron chi connectivity index (χ1n) is 9.98. The lowest BCUT2D eigenvalue weighted by Gasteiger charge is -2.21. The molecule has 0 heterocycles. The first-order valence-corrected chi connectivity index (χ1v) is 10.8. The van der Waals surface area contributed by atoms with E-state index in [2.05, 4.69) is 0 Å². The van der Waals surface area contributed by atoms with E-state index in [1.54, 1.807) is 24.3 Å². The van der Waals surface area contributed by atoms with Crippen molar-refractivity contribution >= 4 is 23.6 Å². The van der Waals surface area contributed by atoms with E-state index in [9.17, 15) is 35.9 Å². The third kappa shape index (κ3) is 7.25. The van der Waals surface area contributed by atoms with Crippen LogP contribution in [0.3, 0.4) is 0 Å². The number of nitrogens with one attached hydrogen (secondary N) is 1. The second-order valence-electron chi connectivity index (χ2n) is 7.16. The number of hydrogen-bond acceptors (Lipinski definition) is 4. The molecule has 0 aliphatic carbocycles. The molecule has 0 aliphatic heterocycles. The summed E-state index contributed by atoms with van der Waals surface area (Å²) in [5.74, 6) is -4.04. The first kappa shape index (κ1) is 26.1. The molecule has 0 radical (unpaired) electrons. The van der Waals surface area contributed by atoms with Gasteiger partial charge in [-0.25, -0.2) is 9.18 Å². The summed E-state index contributed by atoms with van der Waals surface area (Å²) in [6.07, 6.45) is -6.99. The van der Waals surface area contributed by atoms with E-state index in [0.717, 1.165) is 6.07 Å². The highest BCUT2D eigenvalue weighted by atomic mass is 32.2. The number of thioether (sulfide) groups is 1. The summed E-state index contributed by atoms with van der Waals surface area (Å²) in [6.45, 7) is -1.19. The van der Waals surface area contributed by atoms with Gasteiger partial charge in [0, 0.05) is 10.5 Å². The van der Waals surface area contributed by atoms with Crippen LogP contribution in [0, 0.1) is 5.82 Å². The fourth-order valence-electron chi connectivity index (χ4n) is 2.93. The van der Waals surface area contributed by atoms with E-state index < -0.39 is 52.9 Å². The van der Waals surface area contributed by atoms with Crippen LogP contribution in [0.5, 0.6) is 0 Å². The van der Waals surface area contributed by atoms with Crippen molar-refractivity contribution in [3.8, 4) is 0 Å². The van der Waals surface area contributed by atoms with Gasteiger partial charge in [-0.2, -0.15) is 22.0 Å². The highest BCUT2D eigenvalue weighted by molar-refractivity contribution is 8.00. The number of alkyl halides is 5. The van der Waals surface area contributed by atoms with Gasteiger partial charge in [-0.05, 0) is 36.4 Å². The van der Waals surface area contributed by atoms with Crippen LogP contribution < -0.4 is 5.32 Å². The summed E-state index contributed by atoms with van der Waals surface area (Å²) in [7, 11) is 0. The van der Waals surface area contributed by atoms with Gasteiger partial charge in [-0.1, -0.05) is 54.2 Å². The number of benzene rings is 3. The summed E-state index contributed by atoms with van der Waals surface area (Å²) in [4.78, 5) is 25.4. The number of rotatable bonds is 8. The van der Waals surface area contributed by atoms with E-state index in [1.807, 2.05) is 5.32 Å². The highest BCUT2D eigenvalue weighted by Gasteiger charge is 2.37. The molecule has 1 unspecified atom stereocenters. The van der Waals surface area contributed by atoms with Crippen molar-refractivity contribution in [2.45, 2.75) is 22.4 Å². The van der Waals surface area contributed by atoms with Crippen molar-refractivity contribution in [1.82, 2.24) is 5.32 Å². The molecule has 0 fully saturated rings. The van der Waals surface area contributed by atoms with Gasteiger partial charge in [0.1, 0.15) is 5.82 Å². The molecule has 1 atom stereocenters. The molecule has 184 valence electrons. The molecule has 11 heteroatoms. The maximum atomic E-state index is 14.4. The van der Waals surface area contributed by atoms with E-state index >= 15 is 0 Å². The lowest BCUT2D eigenvalue weighted by molar-refractivity contribution is -0.140. The molecule has 3 aromatic carbocycles. The highest BCUT2D eigenvalue weighted by Crippen LogP contribution is 2.36. The number of amides is 1. The summed E-state index contributed by atoms with van der Waals surface area (Å²) < 4.78 is 86.7. The van der Waals surface area contributed by atoms with Gasteiger partial charge < -0.3 is 10.1 Å². The third-order valence-corrected chi connectivity index (χ3v) is 5.50. The molecule has 0 bridgehead atoms. The Morgan fingerprint density at radius 1 is 0.886 bits per heavy atom. The molecule has 4 nitrogen and oxygen atoms in total. The van der Waals surface area contributed by atoms with Gasteiger partial charge in [0.15, 0.2) is 0 Å². The Balaban J connectivity index is 1.82. The van der Waals surface area contributed by atoms with Crippen LogP contribution in [-0.2, 0) is 15.7 Å². The van der Waals surface area contributed by atoms with Crippen LogP contribution in [0.25, 0.3) is 0 Å². The van der Waals surface area contributed by atoms with Crippen LogP contribution in [0.2, 0.25) is 0 Å². The molecule has 0 spiro atoms. The third-order valence-electron chi connectivity index (χ3n) is 4.55. The second-order valence-corrected chi connectivity index (χ2v) is 8.43. The van der Waals surface area contributed by atoms with E-state index in [4.69, 9.17) is 4.74 Å². The number of esters is 1. The van der Waals surface area contributed by atoms with Crippen LogP contribution in [-0.4, -0.2) is 23.7 Å². The van der Waals surface area contributed by atoms with Crippen LogP contribution >= 0.6 is 11.8 Å². The topological polar surface area (TPSA) is 55.4 Å². The van der Waals surface area contributed by atoms with Gasteiger partial charge in [0.2, 0.25) is 6.10 Å². The largest absolute Gasteiger partial charge is 0.444 e. The molecule has 3 aromatic rings. The molecule has 0 saturated carbocycles. The number of carbonyl (C=O) groups excluding carboxylic acids is 2. The average molecular weight is 513 g/mol. The van der Waals surface area contributed by atoms with Gasteiger partial charge in [-0.15, -0.1) is 0 Å². The summed E-state index contributed by atoms with van der Waals surface area (Å²) in [5.41, 5.74) is -2.07. The van der Waals surface area contributed by atoms with Crippen molar-refractivity contribution in [3.63, 3.8) is 0 Å². The predicted octanol–water partition coefficient (Wildman–Crippen LogP) is 6.24. The molecule has 1 N–H and O–H groups in total. The van der Waals surface area contributed by atoms with Gasteiger partial charge in [0.25, 0.3) is 5.91 Å². The molecule has 35 heavy (non-hydrogen) atoms. The van der Waals surface area contributed by atoms with Gasteiger partial charge in [-0.3, -0.25) is 4.79 Å². The van der Waals surface area contributed by atoms with Crippen molar-refractivity contribution in [3.05, 3.63) is 101 Å². The van der Waals surface area contributed by atoms with Gasteiger partial charge >= 0.3 is 17.4 Å². The molecular formula is C24H17F6NO3S. The molecular weight excluding hydrogens is 496 g/mol. The molecule has 0 aliphatic rings. The van der Waals surface area contributed by atoms with E-state index in [-0.39, 0.29) is 22.2 Å². The number of hydrogen-bond donors (Lipinski definition) is 1. The van der Waals surface area contributed by atoms with Crippen LogP contribution in [0.4, 0.5) is 26.3 Å². The number of carbonyl (C=O) groups is 2. The monoisotopic (exact) mass is 513 g/mol. The maximum Gasteiger partial charge on any atom is 0.419 e. The summed E-state index contributed by atoms with van der Waals surface area (Å²) in [6, 6.07) is 16.4. The fourth-order valence-corrected chi connectivity index (χ4v) is 3.71. The minimum absolute atomic E-state index is 0.0114. The Kier molecular flexibility index (Phi) is 8.11. The van der Waals surface area contributed by atoms with Crippen molar-refractivity contribution in [2.75, 3.05) is 6.54 Å². The lowest BCUT2D eigenvalue weighted by atomic mass is 10.0. The van der Waals surface area contributed by atoms with Gasteiger partial charge in [0.05, 0.1) is 17.7 Å². The average Bonchev–Trinajstić information content (AvgIpc) is 2.81. The van der Waals surface area contributed by atoms with E-state index in [0.29, 0.717) is 12.1 Å². The standard InChI is InChI=1S/C24H17F6NO3S/c25-19-13-16(11-12-18(19)24(28,29)30)20(34-22(33)15-7-3-1-4-8-15)21(32)31-14-23(26,27)35-17-9-5-2-6-10-17/h1-13,20H,14H2,(H,31,32). The van der Waals surface area contributed by atoms with Crippen molar-refractivity contribution in [2.24, 2.45) is 0 Å². The predicted molar refractivity (Wildman–Crippen MR) is 116 cm³/mol. The molecule has 0 aromatic heterocycles. The van der Waals surface area contributed by atoms with E-state index in [1.165, 1.54) is 36.4 Å². The Hall–Kier alpha value is -3.47. The fraction of sp³-hybridized carbons (Fsp3) is 0.167. The second kappa shape index (κ2) is 10.9. The quantitative estimate of drug-likeness (QED) is 0.220. The zero-order valence-corrected chi connectivity index (χ0v) is 18.5. The number of halogens is 6. The van der Waals surface area contributed by atoms with Crippen LogP contribution in [0.1, 0.15) is 27.6 Å². The minimum Gasteiger partial charge on any atom is -0.444 e. The summed E-state index contributed by atoms with van der Waals surface area (Å²) >= 11 is 0.172. The first-order chi connectivity index (χ1) is 16.5. The summed E-state index contributed by atoms with van der Waals surface area (Å²) in [5, 5.41) is -1.54. The Bertz CT molecular complexity index is 1170. The zero-order valence-electron chi connectivity index (χ0n) is 17.7.